The van der Waals surface area contributed by atoms with Crippen LogP contribution in [0, 0.1) is 0 Å². The molecule has 0 N–H and O–H groups in total. The zero-order valence-corrected chi connectivity index (χ0v) is 9.79. The molecule has 1 heterocycles. The zero-order chi connectivity index (χ0) is 10.9. The Morgan fingerprint density at radius 1 is 1.57 bits per heavy atom. The Bertz CT molecular complexity index is 460. The van der Waals surface area contributed by atoms with Crippen molar-refractivity contribution in [1.82, 2.24) is 0 Å². The van der Waals surface area contributed by atoms with Gasteiger partial charge in [0.15, 0.2) is 9.84 Å². The summed E-state index contributed by atoms with van der Waals surface area (Å²) in [6.07, 6.45) is 1.01. The Morgan fingerprint density at radius 3 is 2.57 bits per heavy atom. The minimum Gasteiger partial charge on any atom is -0.465 e. The van der Waals surface area contributed by atoms with Crippen LogP contribution in [0.3, 0.4) is 0 Å². The Kier molecular flexibility index (Phi) is 3.18. The molecule has 0 radical (unpaired) electrons. The van der Waals surface area contributed by atoms with E-state index in [4.69, 9.17) is 11.6 Å². The molecular formula is C7H7ClO4S2. The van der Waals surface area contributed by atoms with Crippen LogP contribution < -0.4 is 0 Å². The lowest BCUT2D eigenvalue weighted by Crippen LogP contribution is -2.05. The minimum atomic E-state index is -3.44. The molecule has 0 unspecified atom stereocenters. The van der Waals surface area contributed by atoms with Gasteiger partial charge >= 0.3 is 5.97 Å². The zero-order valence-electron chi connectivity index (χ0n) is 7.40. The third-order valence-electron chi connectivity index (χ3n) is 1.44. The van der Waals surface area contributed by atoms with Gasteiger partial charge in [-0.2, -0.15) is 0 Å². The van der Waals surface area contributed by atoms with Crippen molar-refractivity contribution < 1.29 is 17.9 Å². The fourth-order valence-corrected chi connectivity index (χ4v) is 3.37. The van der Waals surface area contributed by atoms with Gasteiger partial charge < -0.3 is 4.74 Å². The molecule has 7 heteroatoms. The first-order chi connectivity index (χ1) is 6.36. The molecule has 0 saturated heterocycles. The van der Waals surface area contributed by atoms with Gasteiger partial charge in [-0.1, -0.05) is 11.6 Å². The quantitative estimate of drug-likeness (QED) is 0.752. The summed E-state index contributed by atoms with van der Waals surface area (Å²) in [6.45, 7) is 0. The summed E-state index contributed by atoms with van der Waals surface area (Å²) >= 11 is 6.50. The van der Waals surface area contributed by atoms with Gasteiger partial charge in [-0.15, -0.1) is 11.3 Å². The third-order valence-corrected chi connectivity index (χ3v) is 3.93. The summed E-state index contributed by atoms with van der Waals surface area (Å²) in [5, 5.41) is 0. The molecule has 0 aliphatic heterocycles. The second kappa shape index (κ2) is 3.88. The van der Waals surface area contributed by atoms with E-state index in [-0.39, 0.29) is 14.1 Å². The molecule has 0 aliphatic rings. The Balaban J connectivity index is 3.38. The van der Waals surface area contributed by atoms with E-state index in [1.54, 1.807) is 0 Å². The highest BCUT2D eigenvalue weighted by Gasteiger charge is 2.22. The lowest BCUT2D eigenvalue weighted by Gasteiger charge is -1.98. The van der Waals surface area contributed by atoms with E-state index >= 15 is 0 Å². The van der Waals surface area contributed by atoms with Crippen molar-refractivity contribution in [1.29, 1.82) is 0 Å². The SMILES string of the molecule is COC(=O)c1sc(Cl)cc1S(C)(=O)=O. The first kappa shape index (κ1) is 11.5. The van der Waals surface area contributed by atoms with E-state index in [0.717, 1.165) is 17.6 Å². The summed E-state index contributed by atoms with van der Waals surface area (Å²) in [7, 11) is -2.26. The maximum atomic E-state index is 11.2. The number of methoxy groups -OCH3 is 1. The second-order valence-electron chi connectivity index (χ2n) is 2.51. The predicted molar refractivity (Wildman–Crippen MR) is 53.8 cm³/mol. The smallest absolute Gasteiger partial charge is 0.349 e. The van der Waals surface area contributed by atoms with Crippen LogP contribution in [-0.4, -0.2) is 27.8 Å². The maximum Gasteiger partial charge on any atom is 0.349 e. The number of halogens is 1. The van der Waals surface area contributed by atoms with E-state index in [2.05, 4.69) is 4.74 Å². The van der Waals surface area contributed by atoms with Crippen molar-refractivity contribution >= 4 is 38.7 Å². The molecule has 1 aromatic heterocycles. The van der Waals surface area contributed by atoms with Gasteiger partial charge in [0.25, 0.3) is 0 Å². The lowest BCUT2D eigenvalue weighted by atomic mass is 10.5. The van der Waals surface area contributed by atoms with Crippen LogP contribution in [0.4, 0.5) is 0 Å². The number of carbonyl (C=O) groups is 1. The molecule has 0 fully saturated rings. The molecule has 1 rings (SSSR count). The number of esters is 1. The molecule has 4 nitrogen and oxygen atoms in total. The normalized spacial score (nSPS) is 11.4. The number of thiophene rings is 1. The van der Waals surface area contributed by atoms with E-state index in [1.807, 2.05) is 0 Å². The summed E-state index contributed by atoms with van der Waals surface area (Å²) in [5.74, 6) is -0.692. The van der Waals surface area contributed by atoms with Crippen LogP contribution in [0.15, 0.2) is 11.0 Å². The number of sulfone groups is 1. The second-order valence-corrected chi connectivity index (χ2v) is 6.18. The van der Waals surface area contributed by atoms with Crippen LogP contribution in [0.25, 0.3) is 0 Å². The van der Waals surface area contributed by atoms with E-state index in [1.165, 1.54) is 13.2 Å². The molecule has 0 atom stereocenters. The fraction of sp³-hybridized carbons (Fsp3) is 0.286. The van der Waals surface area contributed by atoms with Crippen LogP contribution in [0.2, 0.25) is 4.34 Å². The van der Waals surface area contributed by atoms with E-state index < -0.39 is 15.8 Å². The van der Waals surface area contributed by atoms with Gasteiger partial charge in [-0.25, -0.2) is 13.2 Å². The van der Waals surface area contributed by atoms with E-state index in [0.29, 0.717) is 0 Å². The molecule has 0 amide bonds. The van der Waals surface area contributed by atoms with Gasteiger partial charge in [-0.3, -0.25) is 0 Å². The van der Waals surface area contributed by atoms with Crippen molar-refractivity contribution in [2.24, 2.45) is 0 Å². The van der Waals surface area contributed by atoms with Crippen molar-refractivity contribution in [3.63, 3.8) is 0 Å². The number of ether oxygens (including phenoxy) is 1. The fourth-order valence-electron chi connectivity index (χ4n) is 0.856. The first-order valence-corrected chi connectivity index (χ1v) is 6.52. The summed E-state index contributed by atoms with van der Waals surface area (Å²) in [5.41, 5.74) is 0. The van der Waals surface area contributed by atoms with Crippen LogP contribution >= 0.6 is 22.9 Å². The van der Waals surface area contributed by atoms with Gasteiger partial charge in [-0.05, 0) is 6.07 Å². The van der Waals surface area contributed by atoms with Gasteiger partial charge in [0.05, 0.1) is 16.3 Å². The highest BCUT2D eigenvalue weighted by molar-refractivity contribution is 7.91. The van der Waals surface area contributed by atoms with Gasteiger partial charge in [0, 0.05) is 6.26 Å². The minimum absolute atomic E-state index is 0.0139. The third kappa shape index (κ3) is 2.26. The molecule has 0 aromatic carbocycles. The largest absolute Gasteiger partial charge is 0.465 e. The topological polar surface area (TPSA) is 60.4 Å². The summed E-state index contributed by atoms with van der Waals surface area (Å²) < 4.78 is 27.1. The van der Waals surface area contributed by atoms with Crippen LogP contribution in [-0.2, 0) is 14.6 Å². The first-order valence-electron chi connectivity index (χ1n) is 3.44. The molecule has 0 saturated carbocycles. The predicted octanol–water partition coefficient (Wildman–Crippen LogP) is 1.59. The standard InChI is InChI=1S/C7H7ClO4S2/c1-12-7(9)6-4(14(2,10)11)3-5(8)13-6/h3H,1-2H3. The number of hydrogen-bond donors (Lipinski definition) is 0. The number of rotatable bonds is 2. The molecule has 14 heavy (non-hydrogen) atoms. The van der Waals surface area contributed by atoms with E-state index in [9.17, 15) is 13.2 Å². The molecular weight excluding hydrogens is 248 g/mol. The van der Waals surface area contributed by atoms with Gasteiger partial charge in [0.1, 0.15) is 4.88 Å². The molecule has 0 spiro atoms. The Labute approximate surface area is 90.4 Å². The highest BCUT2D eigenvalue weighted by Crippen LogP contribution is 2.30. The van der Waals surface area contributed by atoms with Crippen LogP contribution in [0.1, 0.15) is 9.67 Å². The van der Waals surface area contributed by atoms with Crippen molar-refractivity contribution in [2.75, 3.05) is 13.4 Å². The highest BCUT2D eigenvalue weighted by atomic mass is 35.5. The summed E-state index contributed by atoms with van der Waals surface area (Å²) in [6, 6.07) is 1.24. The van der Waals surface area contributed by atoms with Crippen LogP contribution in [0.5, 0.6) is 0 Å². The molecule has 0 bridgehead atoms. The maximum absolute atomic E-state index is 11.2. The Morgan fingerprint density at radius 2 is 2.14 bits per heavy atom. The Hall–Kier alpha value is -0.590. The average Bonchev–Trinajstić information content (AvgIpc) is 2.45. The van der Waals surface area contributed by atoms with Crippen molar-refractivity contribution in [2.45, 2.75) is 4.90 Å². The lowest BCUT2D eigenvalue weighted by molar-refractivity contribution is 0.0602. The number of hydrogen-bond acceptors (Lipinski definition) is 5. The molecule has 0 aliphatic carbocycles. The van der Waals surface area contributed by atoms with Crippen molar-refractivity contribution in [3.05, 3.63) is 15.3 Å². The van der Waals surface area contributed by atoms with Gasteiger partial charge in [0.2, 0.25) is 0 Å². The molecule has 1 aromatic rings. The monoisotopic (exact) mass is 254 g/mol. The number of carbonyl (C=O) groups excluding carboxylic acids is 1. The molecule has 78 valence electrons. The average molecular weight is 255 g/mol. The summed E-state index contributed by atoms with van der Waals surface area (Å²) in [4.78, 5) is 11.1. The van der Waals surface area contributed by atoms with Crippen molar-refractivity contribution in [3.8, 4) is 0 Å².